The maximum atomic E-state index is 5.74. The minimum Gasteiger partial charge on any atom is -0.399 e. The minimum atomic E-state index is 0.783. The maximum absolute atomic E-state index is 5.74. The van der Waals surface area contributed by atoms with E-state index in [2.05, 4.69) is 22.2 Å². The van der Waals surface area contributed by atoms with Gasteiger partial charge in [-0.1, -0.05) is 6.07 Å². The van der Waals surface area contributed by atoms with Gasteiger partial charge in [-0.3, -0.25) is 0 Å². The number of aryl methyl sites for hydroxylation is 1. The molecule has 0 spiro atoms. The summed E-state index contributed by atoms with van der Waals surface area (Å²) in [6.07, 6.45) is 4.48. The van der Waals surface area contributed by atoms with Crippen LogP contribution in [0, 0.1) is 6.92 Å². The lowest BCUT2D eigenvalue weighted by atomic mass is 10.2. The highest BCUT2D eigenvalue weighted by molar-refractivity contribution is 5.59. The fourth-order valence-electron chi connectivity index (χ4n) is 1.58. The largest absolute Gasteiger partial charge is 0.399 e. The van der Waals surface area contributed by atoms with E-state index in [4.69, 9.17) is 5.73 Å². The van der Waals surface area contributed by atoms with Crippen LogP contribution in [-0.2, 0) is 6.42 Å². The van der Waals surface area contributed by atoms with Crippen LogP contribution >= 0.6 is 0 Å². The van der Waals surface area contributed by atoms with Crippen molar-refractivity contribution in [2.75, 3.05) is 17.6 Å². The Kier molecular flexibility index (Phi) is 3.10. The summed E-state index contributed by atoms with van der Waals surface area (Å²) in [5, 5.41) is 3.35. The summed E-state index contributed by atoms with van der Waals surface area (Å²) in [5.74, 6) is 0.994. The van der Waals surface area contributed by atoms with Gasteiger partial charge in [-0.05, 0) is 24.6 Å². The molecule has 84 valence electrons. The van der Waals surface area contributed by atoms with Gasteiger partial charge in [0, 0.05) is 36.7 Å². The molecule has 0 saturated heterocycles. The Labute approximate surface area is 94.9 Å². The zero-order valence-electron chi connectivity index (χ0n) is 9.33. The molecule has 4 nitrogen and oxygen atoms in total. The van der Waals surface area contributed by atoms with Crippen LogP contribution in [0.2, 0.25) is 0 Å². The van der Waals surface area contributed by atoms with E-state index in [1.54, 1.807) is 6.20 Å². The topological polar surface area (TPSA) is 66.7 Å². The number of rotatable bonds is 4. The van der Waals surface area contributed by atoms with E-state index in [0.29, 0.717) is 0 Å². The van der Waals surface area contributed by atoms with E-state index in [0.717, 1.165) is 30.2 Å². The van der Waals surface area contributed by atoms with Crippen LogP contribution in [0.4, 0.5) is 11.4 Å². The summed E-state index contributed by atoms with van der Waals surface area (Å²) in [7, 11) is 0. The summed E-state index contributed by atoms with van der Waals surface area (Å²) >= 11 is 0. The SMILES string of the molecule is Cc1ccc(N)cc1NCCc1ncc[nH]1. The second kappa shape index (κ2) is 4.70. The number of imidazole rings is 1. The molecule has 16 heavy (non-hydrogen) atoms. The van der Waals surface area contributed by atoms with Crippen LogP contribution in [0.25, 0.3) is 0 Å². The van der Waals surface area contributed by atoms with Crippen LogP contribution in [0.5, 0.6) is 0 Å². The Morgan fingerprint density at radius 1 is 1.44 bits per heavy atom. The molecule has 4 N–H and O–H groups in total. The number of nitrogens with zero attached hydrogens (tertiary/aromatic N) is 1. The van der Waals surface area contributed by atoms with E-state index in [9.17, 15) is 0 Å². The molecular weight excluding hydrogens is 200 g/mol. The number of H-pyrrole nitrogens is 1. The molecule has 0 atom stereocenters. The van der Waals surface area contributed by atoms with Gasteiger partial charge in [0.2, 0.25) is 0 Å². The van der Waals surface area contributed by atoms with Gasteiger partial charge >= 0.3 is 0 Å². The van der Waals surface area contributed by atoms with Crippen LogP contribution < -0.4 is 11.1 Å². The van der Waals surface area contributed by atoms with Crippen LogP contribution in [0.3, 0.4) is 0 Å². The predicted molar refractivity (Wildman–Crippen MR) is 66.4 cm³/mol. The molecule has 2 rings (SSSR count). The molecule has 0 unspecified atom stereocenters. The molecule has 0 aliphatic heterocycles. The van der Waals surface area contributed by atoms with E-state index >= 15 is 0 Å². The molecule has 0 fully saturated rings. The first-order valence-electron chi connectivity index (χ1n) is 5.34. The summed E-state index contributed by atoms with van der Waals surface area (Å²) in [6.45, 7) is 2.91. The van der Waals surface area contributed by atoms with Crippen molar-refractivity contribution in [3.8, 4) is 0 Å². The first-order valence-corrected chi connectivity index (χ1v) is 5.34. The van der Waals surface area contributed by atoms with Gasteiger partial charge in [-0.2, -0.15) is 0 Å². The molecule has 0 saturated carbocycles. The fourth-order valence-corrected chi connectivity index (χ4v) is 1.58. The molecular formula is C12H16N4. The zero-order chi connectivity index (χ0) is 11.4. The molecule has 0 bridgehead atoms. The first-order chi connectivity index (χ1) is 7.75. The van der Waals surface area contributed by atoms with Crippen molar-refractivity contribution in [3.05, 3.63) is 42.0 Å². The Bertz CT molecular complexity index is 448. The van der Waals surface area contributed by atoms with Gasteiger partial charge in [-0.15, -0.1) is 0 Å². The number of hydrogen-bond acceptors (Lipinski definition) is 3. The number of hydrogen-bond donors (Lipinski definition) is 3. The number of benzene rings is 1. The van der Waals surface area contributed by atoms with Crippen molar-refractivity contribution in [2.45, 2.75) is 13.3 Å². The number of aromatic nitrogens is 2. The van der Waals surface area contributed by atoms with Crippen molar-refractivity contribution < 1.29 is 0 Å². The highest BCUT2D eigenvalue weighted by Crippen LogP contribution is 2.17. The lowest BCUT2D eigenvalue weighted by Gasteiger charge is -2.09. The fraction of sp³-hybridized carbons (Fsp3) is 0.250. The number of anilines is 2. The first kappa shape index (κ1) is 10.5. The lowest BCUT2D eigenvalue weighted by Crippen LogP contribution is -2.07. The van der Waals surface area contributed by atoms with Gasteiger partial charge < -0.3 is 16.0 Å². The van der Waals surface area contributed by atoms with E-state index in [-0.39, 0.29) is 0 Å². The third-order valence-corrected chi connectivity index (χ3v) is 2.49. The summed E-state index contributed by atoms with van der Waals surface area (Å²) in [5.41, 5.74) is 8.81. The lowest BCUT2D eigenvalue weighted by molar-refractivity contribution is 0.926. The Morgan fingerprint density at radius 2 is 2.31 bits per heavy atom. The zero-order valence-corrected chi connectivity index (χ0v) is 9.33. The Hall–Kier alpha value is -1.97. The number of nitrogen functional groups attached to an aromatic ring is 1. The molecule has 1 heterocycles. The van der Waals surface area contributed by atoms with Crippen LogP contribution in [-0.4, -0.2) is 16.5 Å². The second-order valence-electron chi connectivity index (χ2n) is 3.79. The van der Waals surface area contributed by atoms with E-state index in [1.165, 1.54) is 5.56 Å². The molecule has 2 aromatic rings. The van der Waals surface area contributed by atoms with Crippen LogP contribution in [0.1, 0.15) is 11.4 Å². The number of nitrogens with one attached hydrogen (secondary N) is 2. The normalized spacial score (nSPS) is 10.3. The Balaban J connectivity index is 1.92. The third-order valence-electron chi connectivity index (χ3n) is 2.49. The molecule has 0 aliphatic carbocycles. The molecule has 1 aromatic heterocycles. The summed E-state index contributed by atoms with van der Waals surface area (Å²) in [4.78, 5) is 7.24. The van der Waals surface area contributed by atoms with Crippen molar-refractivity contribution in [1.82, 2.24) is 9.97 Å². The van der Waals surface area contributed by atoms with Gasteiger partial charge in [0.1, 0.15) is 5.82 Å². The molecule has 1 aromatic carbocycles. The third kappa shape index (κ3) is 2.53. The quantitative estimate of drug-likeness (QED) is 0.684. The molecule has 0 aliphatic rings. The Morgan fingerprint density at radius 3 is 3.06 bits per heavy atom. The van der Waals surface area contributed by atoms with E-state index in [1.807, 2.05) is 24.4 Å². The van der Waals surface area contributed by atoms with Gasteiger partial charge in [-0.25, -0.2) is 4.98 Å². The maximum Gasteiger partial charge on any atom is 0.107 e. The monoisotopic (exact) mass is 216 g/mol. The second-order valence-corrected chi connectivity index (χ2v) is 3.79. The number of aromatic amines is 1. The smallest absolute Gasteiger partial charge is 0.107 e. The average Bonchev–Trinajstić information content (AvgIpc) is 2.76. The summed E-state index contributed by atoms with van der Waals surface area (Å²) in [6, 6.07) is 5.88. The molecule has 4 heteroatoms. The van der Waals surface area contributed by atoms with Crippen molar-refractivity contribution in [2.24, 2.45) is 0 Å². The van der Waals surface area contributed by atoms with Gasteiger partial charge in [0.05, 0.1) is 0 Å². The van der Waals surface area contributed by atoms with Crippen molar-refractivity contribution >= 4 is 11.4 Å². The van der Waals surface area contributed by atoms with Gasteiger partial charge in [0.25, 0.3) is 0 Å². The van der Waals surface area contributed by atoms with E-state index < -0.39 is 0 Å². The average molecular weight is 216 g/mol. The minimum absolute atomic E-state index is 0.783. The summed E-state index contributed by atoms with van der Waals surface area (Å²) < 4.78 is 0. The van der Waals surface area contributed by atoms with Crippen molar-refractivity contribution in [3.63, 3.8) is 0 Å². The predicted octanol–water partition coefficient (Wildman–Crippen LogP) is 1.95. The van der Waals surface area contributed by atoms with Gasteiger partial charge in [0.15, 0.2) is 0 Å². The highest BCUT2D eigenvalue weighted by Gasteiger charge is 1.99. The molecule has 0 radical (unpaired) electrons. The number of nitrogens with two attached hydrogens (primary N) is 1. The van der Waals surface area contributed by atoms with Crippen LogP contribution in [0.15, 0.2) is 30.6 Å². The molecule has 0 amide bonds. The highest BCUT2D eigenvalue weighted by atomic mass is 14.9. The standard InChI is InChI=1S/C12H16N4/c1-9-2-3-10(13)8-11(9)14-5-4-12-15-6-7-16-12/h2-3,6-8,14H,4-5,13H2,1H3,(H,15,16). The van der Waals surface area contributed by atoms with Crippen molar-refractivity contribution in [1.29, 1.82) is 0 Å².